The summed E-state index contributed by atoms with van der Waals surface area (Å²) >= 11 is 0. The number of hydrogen-bond acceptors (Lipinski definition) is 7. The molecule has 3 aromatic rings. The second kappa shape index (κ2) is 10.9. The third-order valence-corrected chi connectivity index (χ3v) is 4.99. The number of carbonyl (C=O) groups is 1. The highest BCUT2D eigenvalue weighted by Crippen LogP contribution is 2.28. The number of ether oxygens (including phenoxy) is 2. The minimum absolute atomic E-state index is 0.0121. The van der Waals surface area contributed by atoms with E-state index in [-0.39, 0.29) is 18.1 Å². The molecule has 0 heterocycles. The highest BCUT2D eigenvalue weighted by atomic mass is 16.5. The number of methoxy groups -OCH3 is 2. The molecule has 0 bridgehead atoms. The Morgan fingerprint density at radius 3 is 2.30 bits per heavy atom. The van der Waals surface area contributed by atoms with Gasteiger partial charge in [0.1, 0.15) is 5.75 Å². The fraction of sp³-hybridized carbons (Fsp3) is 0.200. The molecule has 0 spiro atoms. The van der Waals surface area contributed by atoms with Crippen molar-refractivity contribution >= 4 is 23.5 Å². The van der Waals surface area contributed by atoms with Gasteiger partial charge in [0, 0.05) is 5.56 Å². The zero-order valence-corrected chi connectivity index (χ0v) is 19.0. The van der Waals surface area contributed by atoms with Gasteiger partial charge < -0.3 is 14.6 Å². The average Bonchev–Trinajstić information content (AvgIpc) is 2.81. The Labute approximate surface area is 192 Å². The number of nitrogens with one attached hydrogen (secondary N) is 1. The van der Waals surface area contributed by atoms with Crippen LogP contribution in [0.3, 0.4) is 0 Å². The molecule has 33 heavy (non-hydrogen) atoms. The highest BCUT2D eigenvalue weighted by Gasteiger charge is 2.08. The molecular formula is C25H26N4O4. The van der Waals surface area contributed by atoms with E-state index in [9.17, 15) is 9.90 Å². The largest absolute Gasteiger partial charge is 0.507 e. The molecule has 0 saturated heterocycles. The first-order valence-electron chi connectivity index (χ1n) is 10.2. The van der Waals surface area contributed by atoms with E-state index in [4.69, 9.17) is 9.47 Å². The number of phenolic OH excluding ortho intramolecular Hbond substituents is 1. The summed E-state index contributed by atoms with van der Waals surface area (Å²) in [7, 11) is 3.09. The number of nitrogens with zero attached hydrogens (tertiary/aromatic N) is 3. The van der Waals surface area contributed by atoms with Crippen molar-refractivity contribution in [3.05, 3.63) is 76.9 Å². The molecule has 170 valence electrons. The van der Waals surface area contributed by atoms with Gasteiger partial charge in [-0.3, -0.25) is 4.79 Å². The maximum atomic E-state index is 12.2. The number of carbonyl (C=O) groups excluding carboxylic acids is 1. The molecule has 8 heteroatoms. The van der Waals surface area contributed by atoms with Gasteiger partial charge in [0.15, 0.2) is 11.5 Å². The van der Waals surface area contributed by atoms with Gasteiger partial charge in [-0.2, -0.15) is 15.3 Å². The lowest BCUT2D eigenvalue weighted by Gasteiger charge is -2.09. The smallest absolute Gasteiger partial charge is 0.244 e. The van der Waals surface area contributed by atoms with Gasteiger partial charge in [-0.1, -0.05) is 12.1 Å². The Kier molecular flexibility index (Phi) is 7.75. The van der Waals surface area contributed by atoms with Crippen LogP contribution in [0.2, 0.25) is 0 Å². The average molecular weight is 447 g/mol. The second-order valence-corrected chi connectivity index (χ2v) is 7.37. The molecule has 2 N–H and O–H groups in total. The van der Waals surface area contributed by atoms with E-state index in [0.717, 1.165) is 16.8 Å². The first kappa shape index (κ1) is 23.5. The lowest BCUT2D eigenvalue weighted by Crippen LogP contribution is -2.19. The molecule has 1 amide bonds. The van der Waals surface area contributed by atoms with Crippen molar-refractivity contribution in [2.75, 3.05) is 14.2 Å². The number of rotatable bonds is 8. The van der Waals surface area contributed by atoms with Crippen LogP contribution in [0.15, 0.2) is 69.9 Å². The normalized spacial score (nSPS) is 11.2. The summed E-state index contributed by atoms with van der Waals surface area (Å²) in [4.78, 5) is 12.2. The van der Waals surface area contributed by atoms with Gasteiger partial charge in [-0.15, -0.1) is 0 Å². The Balaban J connectivity index is 1.64. The predicted octanol–water partition coefficient (Wildman–Crippen LogP) is 5.13. The molecule has 3 rings (SSSR count). The Hall–Kier alpha value is -4.20. The first-order valence-corrected chi connectivity index (χ1v) is 10.2. The highest BCUT2D eigenvalue weighted by molar-refractivity contribution is 5.86. The molecule has 8 nitrogen and oxygen atoms in total. The molecule has 0 unspecified atom stereocenters. The van der Waals surface area contributed by atoms with Crippen LogP contribution in [-0.4, -0.2) is 31.4 Å². The van der Waals surface area contributed by atoms with Crippen LogP contribution in [0.5, 0.6) is 17.2 Å². The molecule has 0 aromatic heterocycles. The standard InChI is InChI=1S/C25H26N4O4/c1-16-5-7-20(11-17(16)2)27-28-21-8-9-22(30)19(14-21)15-26-29-25(31)13-18-6-10-23(32-3)24(12-18)33-4/h5-12,14-15,30H,13H2,1-4H3,(H,29,31)/b26-15+,28-27?. The Morgan fingerprint density at radius 2 is 1.61 bits per heavy atom. The predicted molar refractivity (Wildman–Crippen MR) is 127 cm³/mol. The van der Waals surface area contributed by atoms with Crippen molar-refractivity contribution in [3.8, 4) is 17.2 Å². The van der Waals surface area contributed by atoms with Crippen LogP contribution in [0, 0.1) is 13.8 Å². The summed E-state index contributed by atoms with van der Waals surface area (Å²) in [6, 6.07) is 15.9. The molecule has 0 aliphatic rings. The number of aryl methyl sites for hydroxylation is 2. The van der Waals surface area contributed by atoms with Crippen molar-refractivity contribution in [3.63, 3.8) is 0 Å². The topological polar surface area (TPSA) is 105 Å². The van der Waals surface area contributed by atoms with Gasteiger partial charge in [0.05, 0.1) is 38.2 Å². The lowest BCUT2D eigenvalue weighted by atomic mass is 10.1. The van der Waals surface area contributed by atoms with Crippen LogP contribution in [-0.2, 0) is 11.2 Å². The van der Waals surface area contributed by atoms with Gasteiger partial charge in [-0.05, 0) is 73.0 Å². The third kappa shape index (κ3) is 6.39. The number of azo groups is 1. The molecule has 0 saturated carbocycles. The van der Waals surface area contributed by atoms with Gasteiger partial charge in [0.2, 0.25) is 5.91 Å². The number of phenols is 1. The fourth-order valence-corrected chi connectivity index (χ4v) is 3.00. The van der Waals surface area contributed by atoms with E-state index in [1.165, 1.54) is 25.0 Å². The monoisotopic (exact) mass is 446 g/mol. The summed E-state index contributed by atoms with van der Waals surface area (Å²) in [5, 5.41) is 22.5. The summed E-state index contributed by atoms with van der Waals surface area (Å²) in [5.41, 5.74) is 7.21. The summed E-state index contributed by atoms with van der Waals surface area (Å²) in [6.45, 7) is 4.05. The molecule has 0 atom stereocenters. The lowest BCUT2D eigenvalue weighted by molar-refractivity contribution is -0.120. The number of benzene rings is 3. The van der Waals surface area contributed by atoms with Crippen molar-refractivity contribution in [1.82, 2.24) is 5.43 Å². The number of aromatic hydroxyl groups is 1. The SMILES string of the molecule is COc1ccc(CC(=O)N/N=C/c2cc(N=Nc3ccc(C)c(C)c3)ccc2O)cc1OC. The van der Waals surface area contributed by atoms with E-state index in [2.05, 4.69) is 20.8 Å². The zero-order valence-electron chi connectivity index (χ0n) is 19.0. The maximum absolute atomic E-state index is 12.2. The molecular weight excluding hydrogens is 420 g/mol. The van der Waals surface area contributed by atoms with Crippen LogP contribution < -0.4 is 14.9 Å². The van der Waals surface area contributed by atoms with E-state index in [1.807, 2.05) is 32.0 Å². The van der Waals surface area contributed by atoms with Crippen LogP contribution in [0.4, 0.5) is 11.4 Å². The molecule has 3 aromatic carbocycles. The van der Waals surface area contributed by atoms with Crippen molar-refractivity contribution in [1.29, 1.82) is 0 Å². The van der Waals surface area contributed by atoms with Crippen LogP contribution in [0.1, 0.15) is 22.3 Å². The van der Waals surface area contributed by atoms with E-state index in [0.29, 0.717) is 22.7 Å². The summed E-state index contributed by atoms with van der Waals surface area (Å²) in [6.07, 6.45) is 1.46. The summed E-state index contributed by atoms with van der Waals surface area (Å²) < 4.78 is 10.4. The fourth-order valence-electron chi connectivity index (χ4n) is 3.00. The minimum atomic E-state index is -0.316. The van der Waals surface area contributed by atoms with Crippen molar-refractivity contribution in [2.45, 2.75) is 20.3 Å². The summed E-state index contributed by atoms with van der Waals surface area (Å²) in [5.74, 6) is 0.828. The molecule has 0 radical (unpaired) electrons. The Bertz CT molecular complexity index is 1210. The van der Waals surface area contributed by atoms with E-state index >= 15 is 0 Å². The van der Waals surface area contributed by atoms with Gasteiger partial charge in [0.25, 0.3) is 0 Å². The van der Waals surface area contributed by atoms with Crippen molar-refractivity contribution < 1.29 is 19.4 Å². The number of amides is 1. The van der Waals surface area contributed by atoms with E-state index in [1.54, 1.807) is 37.4 Å². The molecule has 0 aliphatic heterocycles. The molecule has 0 aliphatic carbocycles. The third-order valence-electron chi connectivity index (χ3n) is 4.99. The van der Waals surface area contributed by atoms with E-state index < -0.39 is 0 Å². The zero-order chi connectivity index (χ0) is 23.8. The second-order valence-electron chi connectivity index (χ2n) is 7.37. The number of hydrogen-bond donors (Lipinski definition) is 2. The van der Waals surface area contributed by atoms with Crippen LogP contribution in [0.25, 0.3) is 0 Å². The van der Waals surface area contributed by atoms with Crippen molar-refractivity contribution in [2.24, 2.45) is 15.3 Å². The van der Waals surface area contributed by atoms with Crippen LogP contribution >= 0.6 is 0 Å². The Morgan fingerprint density at radius 1 is 0.909 bits per heavy atom. The van der Waals surface area contributed by atoms with Gasteiger partial charge >= 0.3 is 0 Å². The number of hydrazone groups is 1. The maximum Gasteiger partial charge on any atom is 0.244 e. The first-order chi connectivity index (χ1) is 15.9. The van der Waals surface area contributed by atoms with Gasteiger partial charge in [-0.25, -0.2) is 5.43 Å². The minimum Gasteiger partial charge on any atom is -0.507 e. The molecule has 0 fully saturated rings. The quantitative estimate of drug-likeness (QED) is 0.284.